The molecule has 4 heteroatoms. The molecule has 0 aliphatic heterocycles. The molecule has 1 aromatic carbocycles. The van der Waals surface area contributed by atoms with Gasteiger partial charge in [0.25, 0.3) is 0 Å². The molecule has 0 spiro atoms. The summed E-state index contributed by atoms with van der Waals surface area (Å²) in [5, 5.41) is 13.2. The van der Waals surface area contributed by atoms with Gasteiger partial charge in [0.2, 0.25) is 5.91 Å². The second-order valence-electron chi connectivity index (χ2n) is 6.87. The van der Waals surface area contributed by atoms with Crippen molar-refractivity contribution in [3.8, 4) is 0 Å². The number of carbonyl (C=O) groups is 1. The third-order valence-electron chi connectivity index (χ3n) is 4.06. The molecule has 0 aromatic heterocycles. The van der Waals surface area contributed by atoms with Crippen LogP contribution in [0.5, 0.6) is 0 Å². The maximum atomic E-state index is 12.5. The van der Waals surface area contributed by atoms with Gasteiger partial charge in [-0.2, -0.15) is 0 Å². The highest BCUT2D eigenvalue weighted by Gasteiger charge is 2.51. The number of hydrogen-bond donors (Lipinski definition) is 2. The normalized spacial score (nSPS) is 19.1. The standard InChI is InChI=1S/C17H24BrNO2/c1-12(2)10-16(3,21)11-19-15(20)17(8-9-17)13-4-6-14(18)7-5-13/h4-7,12,21H,8-11H2,1-3H3,(H,19,20). The Balaban J connectivity index is 1.99. The topological polar surface area (TPSA) is 49.3 Å². The summed E-state index contributed by atoms with van der Waals surface area (Å²) in [6.07, 6.45) is 2.44. The van der Waals surface area contributed by atoms with Gasteiger partial charge in [0.05, 0.1) is 11.0 Å². The molecule has 21 heavy (non-hydrogen) atoms. The summed E-state index contributed by atoms with van der Waals surface area (Å²) in [6, 6.07) is 7.95. The molecule has 116 valence electrons. The molecule has 2 rings (SSSR count). The van der Waals surface area contributed by atoms with E-state index in [-0.39, 0.29) is 11.3 Å². The first kappa shape index (κ1) is 16.5. The molecule has 1 amide bonds. The van der Waals surface area contributed by atoms with Crippen molar-refractivity contribution in [2.24, 2.45) is 5.92 Å². The Morgan fingerprint density at radius 3 is 2.43 bits per heavy atom. The zero-order chi connectivity index (χ0) is 15.7. The summed E-state index contributed by atoms with van der Waals surface area (Å²) >= 11 is 3.42. The monoisotopic (exact) mass is 353 g/mol. The number of nitrogens with one attached hydrogen (secondary N) is 1. The van der Waals surface area contributed by atoms with E-state index < -0.39 is 5.60 Å². The number of benzene rings is 1. The van der Waals surface area contributed by atoms with Crippen molar-refractivity contribution in [3.05, 3.63) is 34.3 Å². The van der Waals surface area contributed by atoms with Gasteiger partial charge in [-0.1, -0.05) is 41.9 Å². The minimum Gasteiger partial charge on any atom is -0.388 e. The van der Waals surface area contributed by atoms with Crippen molar-refractivity contribution in [2.75, 3.05) is 6.54 Å². The van der Waals surface area contributed by atoms with Crippen LogP contribution in [-0.2, 0) is 10.2 Å². The van der Waals surface area contributed by atoms with Crippen LogP contribution in [0.15, 0.2) is 28.7 Å². The lowest BCUT2D eigenvalue weighted by atomic mass is 9.92. The van der Waals surface area contributed by atoms with Crippen LogP contribution >= 0.6 is 15.9 Å². The molecule has 0 bridgehead atoms. The van der Waals surface area contributed by atoms with Gasteiger partial charge < -0.3 is 10.4 Å². The van der Waals surface area contributed by atoms with Crippen LogP contribution in [-0.4, -0.2) is 23.2 Å². The molecule has 1 fully saturated rings. The molecule has 1 aliphatic carbocycles. The van der Waals surface area contributed by atoms with E-state index in [1.807, 2.05) is 24.3 Å². The van der Waals surface area contributed by atoms with Crippen molar-refractivity contribution in [3.63, 3.8) is 0 Å². The van der Waals surface area contributed by atoms with Crippen molar-refractivity contribution in [2.45, 2.75) is 51.0 Å². The van der Waals surface area contributed by atoms with Gasteiger partial charge in [0, 0.05) is 11.0 Å². The summed E-state index contributed by atoms with van der Waals surface area (Å²) in [5.74, 6) is 0.437. The third kappa shape index (κ3) is 4.07. The average Bonchev–Trinajstić information content (AvgIpc) is 3.17. The molecular weight excluding hydrogens is 330 g/mol. The fourth-order valence-corrected chi connectivity index (χ4v) is 3.20. The number of aliphatic hydroxyl groups is 1. The predicted octanol–water partition coefficient (Wildman–Crippen LogP) is 3.39. The SMILES string of the molecule is CC(C)CC(C)(O)CNC(=O)C1(c2ccc(Br)cc2)CC1. The second kappa shape index (κ2) is 6.09. The third-order valence-corrected chi connectivity index (χ3v) is 4.59. The van der Waals surface area contributed by atoms with Gasteiger partial charge in [-0.25, -0.2) is 0 Å². The maximum Gasteiger partial charge on any atom is 0.230 e. The van der Waals surface area contributed by atoms with E-state index in [1.165, 1.54) is 0 Å². The van der Waals surface area contributed by atoms with Gasteiger partial charge >= 0.3 is 0 Å². The summed E-state index contributed by atoms with van der Waals surface area (Å²) in [5.41, 5.74) is -0.166. The molecular formula is C17H24BrNO2. The fraction of sp³-hybridized carbons (Fsp3) is 0.588. The molecule has 1 aromatic rings. The highest BCUT2D eigenvalue weighted by atomic mass is 79.9. The zero-order valence-electron chi connectivity index (χ0n) is 12.9. The van der Waals surface area contributed by atoms with E-state index in [0.717, 1.165) is 22.9 Å². The van der Waals surface area contributed by atoms with Crippen LogP contribution in [0.25, 0.3) is 0 Å². The first-order valence-corrected chi connectivity index (χ1v) is 8.31. The molecule has 2 N–H and O–H groups in total. The van der Waals surface area contributed by atoms with Crippen LogP contribution in [0.3, 0.4) is 0 Å². The number of carbonyl (C=O) groups excluding carboxylic acids is 1. The smallest absolute Gasteiger partial charge is 0.230 e. The Labute approximate surface area is 135 Å². The van der Waals surface area contributed by atoms with Crippen LogP contribution in [0.4, 0.5) is 0 Å². The van der Waals surface area contributed by atoms with E-state index in [0.29, 0.717) is 18.9 Å². The van der Waals surface area contributed by atoms with Crippen molar-refractivity contribution < 1.29 is 9.90 Å². The lowest BCUT2D eigenvalue weighted by Gasteiger charge is -2.27. The Morgan fingerprint density at radius 2 is 1.95 bits per heavy atom. The van der Waals surface area contributed by atoms with Crippen LogP contribution in [0, 0.1) is 5.92 Å². The van der Waals surface area contributed by atoms with Crippen LogP contribution < -0.4 is 5.32 Å². The van der Waals surface area contributed by atoms with Gasteiger partial charge in [0.1, 0.15) is 0 Å². The number of halogens is 1. The minimum absolute atomic E-state index is 0.0360. The van der Waals surface area contributed by atoms with Gasteiger partial charge in [0.15, 0.2) is 0 Å². The molecule has 1 atom stereocenters. The molecule has 0 saturated heterocycles. The lowest BCUT2D eigenvalue weighted by molar-refractivity contribution is -0.124. The van der Waals surface area contributed by atoms with E-state index in [9.17, 15) is 9.90 Å². The zero-order valence-corrected chi connectivity index (χ0v) is 14.5. The van der Waals surface area contributed by atoms with E-state index in [2.05, 4.69) is 35.1 Å². The molecule has 1 unspecified atom stereocenters. The molecule has 0 radical (unpaired) electrons. The van der Waals surface area contributed by atoms with E-state index in [4.69, 9.17) is 0 Å². The minimum atomic E-state index is -0.848. The predicted molar refractivity (Wildman–Crippen MR) is 88.1 cm³/mol. The van der Waals surface area contributed by atoms with Crippen molar-refractivity contribution >= 4 is 21.8 Å². The summed E-state index contributed by atoms with van der Waals surface area (Å²) in [4.78, 5) is 12.5. The van der Waals surface area contributed by atoms with Gasteiger partial charge in [-0.05, 0) is 49.8 Å². The first-order valence-electron chi connectivity index (χ1n) is 7.52. The number of amides is 1. The van der Waals surface area contributed by atoms with Crippen molar-refractivity contribution in [1.29, 1.82) is 0 Å². The molecule has 0 heterocycles. The van der Waals surface area contributed by atoms with Crippen molar-refractivity contribution in [1.82, 2.24) is 5.32 Å². The molecule has 1 saturated carbocycles. The Bertz CT molecular complexity index is 504. The first-order chi connectivity index (χ1) is 9.75. The lowest BCUT2D eigenvalue weighted by Crippen LogP contribution is -2.45. The summed E-state index contributed by atoms with van der Waals surface area (Å²) < 4.78 is 1.02. The quantitative estimate of drug-likeness (QED) is 0.823. The van der Waals surface area contributed by atoms with Crippen LogP contribution in [0.2, 0.25) is 0 Å². The highest BCUT2D eigenvalue weighted by molar-refractivity contribution is 9.10. The molecule has 3 nitrogen and oxygen atoms in total. The highest BCUT2D eigenvalue weighted by Crippen LogP contribution is 2.48. The Morgan fingerprint density at radius 1 is 1.38 bits per heavy atom. The summed E-state index contributed by atoms with van der Waals surface area (Å²) in [6.45, 7) is 6.23. The fourth-order valence-electron chi connectivity index (χ4n) is 2.93. The largest absolute Gasteiger partial charge is 0.388 e. The summed E-state index contributed by atoms with van der Waals surface area (Å²) in [7, 11) is 0. The van der Waals surface area contributed by atoms with Gasteiger partial charge in [-0.3, -0.25) is 4.79 Å². The maximum absolute atomic E-state index is 12.5. The molecule has 1 aliphatic rings. The van der Waals surface area contributed by atoms with E-state index in [1.54, 1.807) is 6.92 Å². The van der Waals surface area contributed by atoms with E-state index >= 15 is 0 Å². The number of hydrogen-bond acceptors (Lipinski definition) is 2. The van der Waals surface area contributed by atoms with Gasteiger partial charge in [-0.15, -0.1) is 0 Å². The number of rotatable bonds is 6. The average molecular weight is 354 g/mol. The van der Waals surface area contributed by atoms with Crippen LogP contribution in [0.1, 0.15) is 45.6 Å². The Hall–Kier alpha value is -0.870. The Kier molecular flexibility index (Phi) is 4.79. The second-order valence-corrected chi connectivity index (χ2v) is 7.78.